The van der Waals surface area contributed by atoms with E-state index in [0.29, 0.717) is 51.4 Å². The van der Waals surface area contributed by atoms with Gasteiger partial charge < -0.3 is 14.3 Å². The number of Topliss-reactive ketones (excluding diaryl/α,β-unsaturated/α-hetero) is 1. The highest BCUT2D eigenvalue weighted by molar-refractivity contribution is 6.13. The van der Waals surface area contributed by atoms with Crippen LogP contribution in [0.3, 0.4) is 0 Å². The molecule has 0 amide bonds. The van der Waals surface area contributed by atoms with Gasteiger partial charge in [0, 0.05) is 34.1 Å². The number of ether oxygens (including phenoxy) is 1. The lowest BCUT2D eigenvalue weighted by Crippen LogP contribution is -2.30. The van der Waals surface area contributed by atoms with Gasteiger partial charge in [-0.25, -0.2) is 9.59 Å². The van der Waals surface area contributed by atoms with Crippen LogP contribution in [0.25, 0.3) is 21.5 Å². The number of aromatic hydroxyl groups is 1. The smallest absolute Gasteiger partial charge is 0.347 e. The molecule has 3 aromatic carbocycles. The molecule has 0 saturated heterocycles. The molecule has 0 fully saturated rings. The van der Waals surface area contributed by atoms with E-state index in [1.54, 1.807) is 6.07 Å². The number of carbonyl (C=O) groups is 1. The van der Waals surface area contributed by atoms with Crippen molar-refractivity contribution < 1.29 is 19.1 Å². The molecule has 0 bridgehead atoms. The molecule has 1 heterocycles. The zero-order valence-electron chi connectivity index (χ0n) is 27.0. The van der Waals surface area contributed by atoms with Gasteiger partial charge in [0.25, 0.3) is 0 Å². The standard InChI is InChI=1S/C38H42O6/c1-19(2)23-17-21-9-11-25-31(27(39)13-15-37(25,5)6)29(21)33(40)34(23)43-28-14-16-38(7,8)26-12-10-22-18-24(20(3)4)35(41)44-36(42)30(22)32(26)28/h9-12,17-20,28,40H,13-16H2,1-8H3/t28-/m1/s1. The first kappa shape index (κ1) is 30.1. The quantitative estimate of drug-likeness (QED) is 0.254. The Morgan fingerprint density at radius 1 is 0.795 bits per heavy atom. The topological polar surface area (TPSA) is 93.8 Å². The van der Waals surface area contributed by atoms with Crippen LogP contribution < -0.4 is 16.0 Å². The molecule has 2 aliphatic carbocycles. The largest absolute Gasteiger partial charge is 0.504 e. The Morgan fingerprint density at radius 3 is 2.05 bits per heavy atom. The number of fused-ring (bicyclic) bond motifs is 6. The Morgan fingerprint density at radius 2 is 1.39 bits per heavy atom. The van der Waals surface area contributed by atoms with E-state index < -0.39 is 17.4 Å². The minimum absolute atomic E-state index is 0.00925. The van der Waals surface area contributed by atoms with Gasteiger partial charge in [0.05, 0.1) is 5.39 Å². The first-order chi connectivity index (χ1) is 20.6. The molecule has 0 radical (unpaired) electrons. The van der Waals surface area contributed by atoms with Gasteiger partial charge >= 0.3 is 11.3 Å². The summed E-state index contributed by atoms with van der Waals surface area (Å²) in [5.41, 5.74) is 2.66. The van der Waals surface area contributed by atoms with Crippen LogP contribution in [-0.4, -0.2) is 10.9 Å². The molecule has 6 heteroatoms. The minimum atomic E-state index is -0.686. The van der Waals surface area contributed by atoms with E-state index in [9.17, 15) is 19.5 Å². The SMILES string of the molecule is CC(C)c1cc2ccc3c(c2c(O)c1O[C@@H]1CCC(C)(C)c2ccc4cc(C(C)C)c(=O)oc(=O)c4c21)C(=O)CCC3(C)C. The number of phenols is 1. The number of phenolic OH excluding ortho intramolecular Hbond substituents is 1. The molecular weight excluding hydrogens is 552 g/mol. The number of hydrogen-bond donors (Lipinski definition) is 1. The van der Waals surface area contributed by atoms with E-state index in [0.717, 1.165) is 34.9 Å². The van der Waals surface area contributed by atoms with Gasteiger partial charge in [0.1, 0.15) is 6.10 Å². The Kier molecular flexibility index (Phi) is 7.06. The predicted octanol–water partition coefficient (Wildman–Crippen LogP) is 8.70. The van der Waals surface area contributed by atoms with Crippen molar-refractivity contribution in [3.05, 3.63) is 90.6 Å². The summed E-state index contributed by atoms with van der Waals surface area (Å²) >= 11 is 0. The highest BCUT2D eigenvalue weighted by atomic mass is 16.5. The van der Waals surface area contributed by atoms with Crippen LogP contribution in [0, 0.1) is 0 Å². The summed E-state index contributed by atoms with van der Waals surface area (Å²) in [7, 11) is 0. The number of rotatable bonds is 4. The fourth-order valence-corrected chi connectivity index (χ4v) is 7.33. The van der Waals surface area contributed by atoms with Crippen molar-refractivity contribution in [2.45, 2.75) is 110 Å². The molecule has 6 rings (SSSR count). The first-order valence-electron chi connectivity index (χ1n) is 15.8. The van der Waals surface area contributed by atoms with E-state index in [-0.39, 0.29) is 34.2 Å². The minimum Gasteiger partial charge on any atom is -0.504 e. The summed E-state index contributed by atoms with van der Waals surface area (Å²) < 4.78 is 12.3. The average molecular weight is 595 g/mol. The van der Waals surface area contributed by atoms with Crippen LogP contribution in [0.15, 0.2) is 50.4 Å². The van der Waals surface area contributed by atoms with Gasteiger partial charge in [0.15, 0.2) is 17.3 Å². The summed E-state index contributed by atoms with van der Waals surface area (Å²) in [5, 5.41) is 14.3. The lowest BCUT2D eigenvalue weighted by Gasteiger charge is -2.38. The van der Waals surface area contributed by atoms with Crippen molar-refractivity contribution in [1.29, 1.82) is 0 Å². The maximum atomic E-state index is 13.6. The number of ketones is 1. The number of carbonyl (C=O) groups excluding carboxylic acids is 1. The van der Waals surface area contributed by atoms with Crippen LogP contribution in [0.5, 0.6) is 11.5 Å². The van der Waals surface area contributed by atoms with E-state index in [1.807, 2.05) is 58.0 Å². The average Bonchev–Trinajstić information content (AvgIpc) is 3.08. The van der Waals surface area contributed by atoms with Crippen molar-refractivity contribution >= 4 is 27.3 Å². The summed E-state index contributed by atoms with van der Waals surface area (Å²) in [5.74, 6) is 0.209. The van der Waals surface area contributed by atoms with Gasteiger partial charge in [-0.15, -0.1) is 0 Å². The van der Waals surface area contributed by atoms with Gasteiger partial charge in [-0.3, -0.25) is 4.79 Å². The Balaban J connectivity index is 1.63. The van der Waals surface area contributed by atoms with Crippen LogP contribution in [0.1, 0.15) is 137 Å². The summed E-state index contributed by atoms with van der Waals surface area (Å²) in [6, 6.07) is 11.7. The fourth-order valence-electron chi connectivity index (χ4n) is 7.33. The zero-order valence-corrected chi connectivity index (χ0v) is 27.0. The summed E-state index contributed by atoms with van der Waals surface area (Å²) in [6.45, 7) is 16.4. The predicted molar refractivity (Wildman–Crippen MR) is 175 cm³/mol. The summed E-state index contributed by atoms with van der Waals surface area (Å²) in [4.78, 5) is 39.9. The lowest BCUT2D eigenvalue weighted by molar-refractivity contribution is 0.0958. The van der Waals surface area contributed by atoms with E-state index in [4.69, 9.17) is 9.15 Å². The third kappa shape index (κ3) is 4.65. The maximum Gasteiger partial charge on any atom is 0.347 e. The van der Waals surface area contributed by atoms with Crippen molar-refractivity contribution in [3.63, 3.8) is 0 Å². The molecular formula is C38H42O6. The van der Waals surface area contributed by atoms with Crippen molar-refractivity contribution in [3.8, 4) is 11.5 Å². The second-order valence-electron chi connectivity index (χ2n) is 14.6. The highest BCUT2D eigenvalue weighted by Gasteiger charge is 2.38. The lowest BCUT2D eigenvalue weighted by atomic mass is 9.70. The second-order valence-corrected chi connectivity index (χ2v) is 14.6. The Hall–Kier alpha value is -3.93. The first-order valence-corrected chi connectivity index (χ1v) is 15.8. The second kappa shape index (κ2) is 10.3. The highest BCUT2D eigenvalue weighted by Crippen LogP contribution is 2.51. The fraction of sp³-hybridized carbons (Fsp3) is 0.447. The third-order valence-electron chi connectivity index (χ3n) is 10.0. The Bertz CT molecular complexity index is 1970. The molecule has 0 aliphatic heterocycles. The van der Waals surface area contributed by atoms with Gasteiger partial charge in [-0.2, -0.15) is 0 Å². The number of hydrogen-bond acceptors (Lipinski definition) is 6. The van der Waals surface area contributed by atoms with Crippen LogP contribution in [0.2, 0.25) is 0 Å². The molecule has 0 spiro atoms. The summed E-state index contributed by atoms with van der Waals surface area (Å²) in [6.07, 6.45) is 1.97. The molecule has 4 aromatic rings. The molecule has 6 nitrogen and oxygen atoms in total. The molecule has 1 atom stereocenters. The van der Waals surface area contributed by atoms with Crippen molar-refractivity contribution in [1.82, 2.24) is 0 Å². The molecule has 1 aromatic heterocycles. The van der Waals surface area contributed by atoms with E-state index in [2.05, 4.69) is 27.7 Å². The van der Waals surface area contributed by atoms with Gasteiger partial charge in [-0.05, 0) is 76.0 Å². The zero-order chi connectivity index (χ0) is 31.9. The van der Waals surface area contributed by atoms with Crippen LogP contribution >= 0.6 is 0 Å². The van der Waals surface area contributed by atoms with Gasteiger partial charge in [-0.1, -0.05) is 79.7 Å². The third-order valence-corrected chi connectivity index (χ3v) is 10.0. The normalized spacial score (nSPS) is 19.0. The molecule has 1 N–H and O–H groups in total. The molecule has 0 unspecified atom stereocenters. The molecule has 0 saturated carbocycles. The van der Waals surface area contributed by atoms with Crippen LogP contribution in [0.4, 0.5) is 0 Å². The van der Waals surface area contributed by atoms with E-state index in [1.165, 1.54) is 0 Å². The van der Waals surface area contributed by atoms with Crippen molar-refractivity contribution in [2.24, 2.45) is 0 Å². The molecule has 2 aliphatic rings. The number of benzene rings is 3. The van der Waals surface area contributed by atoms with E-state index >= 15 is 0 Å². The molecule has 44 heavy (non-hydrogen) atoms. The Labute approximate surface area is 258 Å². The monoisotopic (exact) mass is 594 g/mol. The molecule has 230 valence electrons. The van der Waals surface area contributed by atoms with Gasteiger partial charge in [0.2, 0.25) is 0 Å². The van der Waals surface area contributed by atoms with Crippen LogP contribution in [-0.2, 0) is 10.8 Å². The van der Waals surface area contributed by atoms with Crippen molar-refractivity contribution in [2.75, 3.05) is 0 Å². The maximum absolute atomic E-state index is 13.6.